The number of thioether (sulfide) groups is 1. The van der Waals surface area contributed by atoms with E-state index in [0.29, 0.717) is 5.17 Å². The SMILES string of the molecule is CCC1=NN2C(=N)/C(=C\c3ccc(C)cc3)C(=O)N=C2S1. The quantitative estimate of drug-likeness (QED) is 0.853. The van der Waals surface area contributed by atoms with Crippen molar-refractivity contribution in [3.63, 3.8) is 0 Å². The van der Waals surface area contributed by atoms with Crippen LogP contribution in [0, 0.1) is 12.3 Å². The minimum atomic E-state index is -0.383. The average Bonchev–Trinajstić information content (AvgIpc) is 2.88. The summed E-state index contributed by atoms with van der Waals surface area (Å²) in [6.07, 6.45) is 2.45. The van der Waals surface area contributed by atoms with Crippen molar-refractivity contribution >= 4 is 39.8 Å². The normalized spacial score (nSPS) is 19.7. The third kappa shape index (κ3) is 2.54. The van der Waals surface area contributed by atoms with Crippen LogP contribution in [0.2, 0.25) is 0 Å². The monoisotopic (exact) mass is 298 g/mol. The van der Waals surface area contributed by atoms with Gasteiger partial charge in [0.1, 0.15) is 5.04 Å². The van der Waals surface area contributed by atoms with E-state index in [9.17, 15) is 4.79 Å². The predicted molar refractivity (Wildman–Crippen MR) is 86.5 cm³/mol. The summed E-state index contributed by atoms with van der Waals surface area (Å²) >= 11 is 1.35. The van der Waals surface area contributed by atoms with E-state index in [1.165, 1.54) is 16.8 Å². The Bertz CT molecular complexity index is 716. The summed E-state index contributed by atoms with van der Waals surface area (Å²) in [5.41, 5.74) is 2.29. The Hall–Kier alpha value is -2.21. The third-order valence-corrected chi connectivity index (χ3v) is 4.24. The zero-order valence-corrected chi connectivity index (χ0v) is 12.6. The number of carbonyl (C=O) groups is 1. The number of hydrazone groups is 1. The highest BCUT2D eigenvalue weighted by molar-refractivity contribution is 8.26. The number of aryl methyl sites for hydroxylation is 1. The largest absolute Gasteiger partial charge is 0.283 e. The van der Waals surface area contributed by atoms with Crippen LogP contribution in [-0.2, 0) is 4.79 Å². The molecule has 0 bridgehead atoms. The lowest BCUT2D eigenvalue weighted by molar-refractivity contribution is -0.114. The predicted octanol–water partition coefficient (Wildman–Crippen LogP) is 3.02. The van der Waals surface area contributed by atoms with Crippen LogP contribution in [0.1, 0.15) is 24.5 Å². The van der Waals surface area contributed by atoms with Crippen LogP contribution in [0.15, 0.2) is 39.9 Å². The van der Waals surface area contributed by atoms with Gasteiger partial charge in [0.15, 0.2) is 5.84 Å². The van der Waals surface area contributed by atoms with Gasteiger partial charge in [-0.2, -0.15) is 15.1 Å². The van der Waals surface area contributed by atoms with E-state index < -0.39 is 0 Å². The van der Waals surface area contributed by atoms with Gasteiger partial charge in [0.25, 0.3) is 5.91 Å². The van der Waals surface area contributed by atoms with Crippen molar-refractivity contribution in [3.05, 3.63) is 41.0 Å². The summed E-state index contributed by atoms with van der Waals surface area (Å²) in [5, 5.41) is 15.3. The van der Waals surface area contributed by atoms with Gasteiger partial charge in [-0.3, -0.25) is 10.2 Å². The molecule has 1 amide bonds. The molecule has 2 aliphatic rings. The topological polar surface area (TPSA) is 68.9 Å². The van der Waals surface area contributed by atoms with Crippen LogP contribution in [0.25, 0.3) is 6.08 Å². The van der Waals surface area contributed by atoms with Gasteiger partial charge in [0.2, 0.25) is 5.17 Å². The van der Waals surface area contributed by atoms with Crippen LogP contribution in [0.4, 0.5) is 0 Å². The lowest BCUT2D eigenvalue weighted by atomic mass is 10.1. The maximum Gasteiger partial charge on any atom is 0.283 e. The lowest BCUT2D eigenvalue weighted by Gasteiger charge is -2.20. The van der Waals surface area contributed by atoms with Crippen molar-refractivity contribution < 1.29 is 4.79 Å². The molecule has 1 aromatic carbocycles. The molecule has 2 heterocycles. The third-order valence-electron chi connectivity index (χ3n) is 3.19. The fourth-order valence-corrected chi connectivity index (χ4v) is 2.83. The summed E-state index contributed by atoms with van der Waals surface area (Å²) in [7, 11) is 0. The Morgan fingerprint density at radius 3 is 2.71 bits per heavy atom. The lowest BCUT2D eigenvalue weighted by Crippen LogP contribution is -2.35. The number of hydrogen-bond donors (Lipinski definition) is 1. The molecule has 0 saturated carbocycles. The van der Waals surface area contributed by atoms with Gasteiger partial charge >= 0.3 is 0 Å². The van der Waals surface area contributed by atoms with Gasteiger partial charge < -0.3 is 0 Å². The molecule has 0 unspecified atom stereocenters. The fraction of sp³-hybridized carbons (Fsp3) is 0.200. The van der Waals surface area contributed by atoms with E-state index in [2.05, 4.69) is 10.1 Å². The second-order valence-electron chi connectivity index (χ2n) is 4.78. The van der Waals surface area contributed by atoms with Crippen molar-refractivity contribution in [2.24, 2.45) is 10.1 Å². The van der Waals surface area contributed by atoms with Gasteiger partial charge in [-0.15, -0.1) is 0 Å². The van der Waals surface area contributed by atoms with E-state index in [0.717, 1.165) is 22.6 Å². The molecular weight excluding hydrogens is 284 g/mol. The molecule has 0 saturated heterocycles. The standard InChI is InChI=1S/C15H14N4OS/c1-3-12-18-19-13(16)11(14(20)17-15(19)21-12)8-10-6-4-9(2)5-7-10/h4-8,16H,3H2,1-2H3/b11-8+,16-13?. The molecule has 6 heteroatoms. The molecule has 106 valence electrons. The van der Waals surface area contributed by atoms with E-state index in [1.54, 1.807) is 6.08 Å². The first kappa shape index (κ1) is 13.8. The molecule has 0 fully saturated rings. The van der Waals surface area contributed by atoms with Gasteiger partial charge in [0, 0.05) is 0 Å². The Balaban J connectivity index is 1.97. The number of carbonyl (C=O) groups excluding carboxylic acids is 1. The zero-order chi connectivity index (χ0) is 15.0. The molecule has 5 nitrogen and oxygen atoms in total. The molecular formula is C15H14N4OS. The van der Waals surface area contributed by atoms with Crippen molar-refractivity contribution in [3.8, 4) is 0 Å². The van der Waals surface area contributed by atoms with E-state index in [4.69, 9.17) is 5.41 Å². The molecule has 3 rings (SSSR count). The van der Waals surface area contributed by atoms with E-state index in [1.807, 2.05) is 38.1 Å². The highest BCUT2D eigenvalue weighted by Gasteiger charge is 2.34. The van der Waals surface area contributed by atoms with Gasteiger partial charge in [-0.05, 0) is 36.7 Å². The molecule has 0 radical (unpaired) electrons. The fourth-order valence-electron chi connectivity index (χ4n) is 2.00. The first-order chi connectivity index (χ1) is 10.1. The molecule has 2 aliphatic heterocycles. The number of fused-ring (bicyclic) bond motifs is 1. The number of amidine groups is 2. The maximum absolute atomic E-state index is 12.1. The number of nitrogens with zero attached hydrogens (tertiary/aromatic N) is 3. The van der Waals surface area contributed by atoms with Crippen LogP contribution in [-0.4, -0.2) is 27.0 Å². The molecule has 21 heavy (non-hydrogen) atoms. The van der Waals surface area contributed by atoms with Gasteiger partial charge in [-0.25, -0.2) is 0 Å². The first-order valence-electron chi connectivity index (χ1n) is 6.64. The van der Waals surface area contributed by atoms with Crippen LogP contribution in [0.5, 0.6) is 0 Å². The highest BCUT2D eigenvalue weighted by atomic mass is 32.2. The number of rotatable bonds is 2. The number of benzene rings is 1. The molecule has 0 aliphatic carbocycles. The van der Waals surface area contributed by atoms with Crippen molar-refractivity contribution in [1.29, 1.82) is 5.41 Å². The van der Waals surface area contributed by atoms with Crippen molar-refractivity contribution in [2.75, 3.05) is 0 Å². The zero-order valence-electron chi connectivity index (χ0n) is 11.8. The Kier molecular flexibility index (Phi) is 3.47. The van der Waals surface area contributed by atoms with E-state index in [-0.39, 0.29) is 17.3 Å². The number of nitrogens with one attached hydrogen (secondary N) is 1. The number of amides is 1. The van der Waals surface area contributed by atoms with Crippen LogP contribution < -0.4 is 0 Å². The highest BCUT2D eigenvalue weighted by Crippen LogP contribution is 2.29. The molecule has 0 atom stereocenters. The minimum absolute atomic E-state index is 0.0847. The Morgan fingerprint density at radius 1 is 1.33 bits per heavy atom. The van der Waals surface area contributed by atoms with E-state index >= 15 is 0 Å². The van der Waals surface area contributed by atoms with Crippen molar-refractivity contribution in [1.82, 2.24) is 5.01 Å². The number of aliphatic imine (C=N–C) groups is 1. The molecule has 1 aromatic rings. The summed E-state index contributed by atoms with van der Waals surface area (Å²) in [6, 6.07) is 7.78. The average molecular weight is 298 g/mol. The molecule has 0 spiro atoms. The summed E-state index contributed by atoms with van der Waals surface area (Å²) in [4.78, 5) is 16.2. The second-order valence-corrected chi connectivity index (χ2v) is 5.82. The molecule has 0 aromatic heterocycles. The summed E-state index contributed by atoms with van der Waals surface area (Å²) in [6.45, 7) is 3.99. The molecule has 1 N–H and O–H groups in total. The maximum atomic E-state index is 12.1. The number of hydrogen-bond acceptors (Lipinski definition) is 4. The minimum Gasteiger partial charge on any atom is -0.282 e. The van der Waals surface area contributed by atoms with Gasteiger partial charge in [-0.1, -0.05) is 36.8 Å². The first-order valence-corrected chi connectivity index (χ1v) is 7.46. The summed E-state index contributed by atoms with van der Waals surface area (Å²) < 4.78 is 0. The smallest absolute Gasteiger partial charge is 0.282 e. The Labute approximate surface area is 127 Å². The van der Waals surface area contributed by atoms with Crippen LogP contribution in [0.3, 0.4) is 0 Å². The Morgan fingerprint density at radius 2 is 2.05 bits per heavy atom. The van der Waals surface area contributed by atoms with Crippen LogP contribution >= 0.6 is 11.8 Å². The summed E-state index contributed by atoms with van der Waals surface area (Å²) in [5.74, 6) is -0.298. The second kappa shape index (κ2) is 5.29. The van der Waals surface area contributed by atoms with Crippen molar-refractivity contribution in [2.45, 2.75) is 20.3 Å². The van der Waals surface area contributed by atoms with Gasteiger partial charge in [0.05, 0.1) is 5.57 Å².